The van der Waals surface area contributed by atoms with Gasteiger partial charge in [-0.25, -0.2) is 8.42 Å². The van der Waals surface area contributed by atoms with Crippen LogP contribution in [0, 0.1) is 0 Å². The number of ether oxygens (including phenoxy) is 1. The fourth-order valence-electron chi connectivity index (χ4n) is 1.98. The standard InChI is InChI=1S/C12H14F3NO4S/c1-2-11(17)7-16(8-11)21(18,19)10-5-3-4-9(6-10)20-12(13,14)15/h3-6,17H,2,7-8H2,1H3. The van der Waals surface area contributed by atoms with Crippen LogP contribution >= 0.6 is 0 Å². The van der Waals surface area contributed by atoms with Crippen LogP contribution in [0.4, 0.5) is 13.2 Å². The first-order valence-corrected chi connectivity index (χ1v) is 7.58. The summed E-state index contributed by atoms with van der Waals surface area (Å²) in [7, 11) is -3.94. The van der Waals surface area contributed by atoms with Gasteiger partial charge in [-0.05, 0) is 18.6 Å². The molecule has 0 bridgehead atoms. The third-order valence-corrected chi connectivity index (χ3v) is 5.06. The van der Waals surface area contributed by atoms with Gasteiger partial charge in [-0.1, -0.05) is 13.0 Å². The molecule has 1 saturated heterocycles. The van der Waals surface area contributed by atoms with E-state index in [9.17, 15) is 26.7 Å². The van der Waals surface area contributed by atoms with Gasteiger partial charge in [0.1, 0.15) is 5.75 Å². The minimum atomic E-state index is -4.89. The first kappa shape index (κ1) is 16.1. The Kier molecular flexibility index (Phi) is 3.94. The molecule has 1 aromatic rings. The predicted octanol–water partition coefficient (Wildman–Crippen LogP) is 1.73. The van der Waals surface area contributed by atoms with Crippen molar-refractivity contribution >= 4 is 10.0 Å². The Balaban J connectivity index is 2.20. The Labute approximate surface area is 120 Å². The Morgan fingerprint density at radius 3 is 2.52 bits per heavy atom. The number of nitrogens with zero attached hydrogens (tertiary/aromatic N) is 1. The first-order valence-electron chi connectivity index (χ1n) is 6.14. The quantitative estimate of drug-likeness (QED) is 0.915. The molecule has 21 heavy (non-hydrogen) atoms. The summed E-state index contributed by atoms with van der Waals surface area (Å²) in [5, 5.41) is 9.83. The summed E-state index contributed by atoms with van der Waals surface area (Å²) in [4.78, 5) is -0.303. The van der Waals surface area contributed by atoms with Gasteiger partial charge in [0.25, 0.3) is 0 Å². The fraction of sp³-hybridized carbons (Fsp3) is 0.500. The molecule has 0 atom stereocenters. The van der Waals surface area contributed by atoms with Gasteiger partial charge in [0.15, 0.2) is 0 Å². The highest BCUT2D eigenvalue weighted by Crippen LogP contribution is 2.32. The van der Waals surface area contributed by atoms with E-state index in [1.807, 2.05) is 0 Å². The molecule has 1 aromatic carbocycles. The van der Waals surface area contributed by atoms with E-state index < -0.39 is 27.7 Å². The second-order valence-electron chi connectivity index (χ2n) is 4.87. The molecule has 0 spiro atoms. The normalized spacial score (nSPS) is 19.1. The lowest BCUT2D eigenvalue weighted by molar-refractivity contribution is -0.274. The molecule has 0 unspecified atom stereocenters. The van der Waals surface area contributed by atoms with Crippen molar-refractivity contribution in [1.82, 2.24) is 4.31 Å². The fourth-order valence-corrected chi connectivity index (χ4v) is 3.62. The molecule has 1 fully saturated rings. The lowest BCUT2D eigenvalue weighted by Crippen LogP contribution is -2.62. The number of rotatable bonds is 4. The summed E-state index contributed by atoms with van der Waals surface area (Å²) in [5.74, 6) is -0.602. The number of halogens is 3. The summed E-state index contributed by atoms with van der Waals surface area (Å²) in [6.45, 7) is 1.58. The van der Waals surface area contributed by atoms with E-state index in [0.717, 1.165) is 16.4 Å². The Hall–Kier alpha value is -1.32. The molecule has 0 amide bonds. The van der Waals surface area contributed by atoms with Crippen LogP contribution in [0.3, 0.4) is 0 Å². The molecule has 118 valence electrons. The number of alkyl halides is 3. The molecular weight excluding hydrogens is 311 g/mol. The molecule has 5 nitrogen and oxygen atoms in total. The van der Waals surface area contributed by atoms with Gasteiger partial charge >= 0.3 is 6.36 Å². The summed E-state index contributed by atoms with van der Waals surface area (Å²) in [6.07, 6.45) is -4.49. The number of hydrogen-bond acceptors (Lipinski definition) is 4. The van der Waals surface area contributed by atoms with E-state index in [-0.39, 0.29) is 18.0 Å². The number of benzene rings is 1. The second-order valence-corrected chi connectivity index (χ2v) is 6.81. The lowest BCUT2D eigenvalue weighted by atomic mass is 9.94. The van der Waals surface area contributed by atoms with Crippen LogP contribution in [-0.2, 0) is 10.0 Å². The average molecular weight is 325 g/mol. The minimum absolute atomic E-state index is 0.0732. The van der Waals surface area contributed by atoms with Crippen molar-refractivity contribution in [1.29, 1.82) is 0 Å². The van der Waals surface area contributed by atoms with Crippen LogP contribution in [0.15, 0.2) is 29.2 Å². The third kappa shape index (κ3) is 3.47. The van der Waals surface area contributed by atoms with Crippen LogP contribution in [0.1, 0.15) is 13.3 Å². The monoisotopic (exact) mass is 325 g/mol. The Bertz CT molecular complexity index is 624. The molecule has 1 heterocycles. The zero-order valence-corrected chi connectivity index (χ0v) is 11.9. The number of sulfonamides is 1. The number of hydrogen-bond donors (Lipinski definition) is 1. The molecule has 1 aliphatic rings. The zero-order chi connectivity index (χ0) is 15.9. The minimum Gasteiger partial charge on any atom is -0.406 e. The summed E-state index contributed by atoms with van der Waals surface area (Å²) in [5.41, 5.74) is -1.06. The highest BCUT2D eigenvalue weighted by atomic mass is 32.2. The van der Waals surface area contributed by atoms with Gasteiger partial charge in [0.05, 0.1) is 10.5 Å². The van der Waals surface area contributed by atoms with Crippen LogP contribution in [0.2, 0.25) is 0 Å². The smallest absolute Gasteiger partial charge is 0.406 e. The van der Waals surface area contributed by atoms with Gasteiger partial charge in [-0.2, -0.15) is 4.31 Å². The maximum Gasteiger partial charge on any atom is 0.573 e. The van der Waals surface area contributed by atoms with Crippen molar-refractivity contribution in [3.63, 3.8) is 0 Å². The SMILES string of the molecule is CCC1(O)CN(S(=O)(=O)c2cccc(OC(F)(F)F)c2)C1. The molecule has 2 rings (SSSR count). The predicted molar refractivity (Wildman–Crippen MR) is 67.1 cm³/mol. The zero-order valence-electron chi connectivity index (χ0n) is 11.1. The van der Waals surface area contributed by atoms with E-state index in [0.29, 0.717) is 6.42 Å². The Morgan fingerprint density at radius 2 is 2.00 bits per heavy atom. The molecule has 9 heteroatoms. The van der Waals surface area contributed by atoms with Gasteiger partial charge in [-0.3, -0.25) is 0 Å². The highest BCUT2D eigenvalue weighted by Gasteiger charge is 2.46. The molecular formula is C12H14F3NO4S. The Morgan fingerprint density at radius 1 is 1.38 bits per heavy atom. The first-order chi connectivity index (χ1) is 9.56. The highest BCUT2D eigenvalue weighted by molar-refractivity contribution is 7.89. The number of β-amino-alcohol motifs (C(OH)–C–C–N with tert-alkyl or cyclic N) is 1. The molecule has 0 aliphatic carbocycles. The molecule has 0 radical (unpaired) electrons. The van der Waals surface area contributed by atoms with Gasteiger partial charge in [0, 0.05) is 19.2 Å². The van der Waals surface area contributed by atoms with Crippen molar-refractivity contribution in [2.75, 3.05) is 13.1 Å². The van der Waals surface area contributed by atoms with E-state index in [2.05, 4.69) is 4.74 Å². The van der Waals surface area contributed by atoms with Crippen molar-refractivity contribution in [3.8, 4) is 5.75 Å². The van der Waals surface area contributed by atoms with Gasteiger partial charge in [0.2, 0.25) is 10.0 Å². The van der Waals surface area contributed by atoms with Crippen molar-refractivity contribution in [2.24, 2.45) is 0 Å². The van der Waals surface area contributed by atoms with E-state index >= 15 is 0 Å². The molecule has 0 aromatic heterocycles. The van der Waals surface area contributed by atoms with Crippen molar-refractivity contribution in [3.05, 3.63) is 24.3 Å². The van der Waals surface area contributed by atoms with E-state index in [1.54, 1.807) is 6.92 Å². The van der Waals surface area contributed by atoms with Crippen molar-refractivity contribution in [2.45, 2.75) is 30.2 Å². The summed E-state index contributed by atoms with van der Waals surface area (Å²) < 4.78 is 65.6. The van der Waals surface area contributed by atoms with Crippen LogP contribution in [-0.4, -0.2) is 42.9 Å². The second kappa shape index (κ2) is 5.15. The summed E-state index contributed by atoms with van der Waals surface area (Å²) >= 11 is 0. The van der Waals surface area contributed by atoms with E-state index in [4.69, 9.17) is 0 Å². The van der Waals surface area contributed by atoms with Crippen LogP contribution < -0.4 is 4.74 Å². The van der Waals surface area contributed by atoms with Crippen LogP contribution in [0.25, 0.3) is 0 Å². The molecule has 1 N–H and O–H groups in total. The van der Waals surface area contributed by atoms with Crippen LogP contribution in [0.5, 0.6) is 5.75 Å². The van der Waals surface area contributed by atoms with E-state index in [1.165, 1.54) is 12.1 Å². The van der Waals surface area contributed by atoms with Crippen molar-refractivity contribution < 1.29 is 31.4 Å². The molecule has 1 aliphatic heterocycles. The van der Waals surface area contributed by atoms with Gasteiger partial charge < -0.3 is 9.84 Å². The van der Waals surface area contributed by atoms with Gasteiger partial charge in [-0.15, -0.1) is 13.2 Å². The third-order valence-electron chi connectivity index (χ3n) is 3.28. The maximum atomic E-state index is 12.2. The largest absolute Gasteiger partial charge is 0.573 e. The maximum absolute atomic E-state index is 12.2. The number of aliphatic hydroxyl groups is 1. The average Bonchev–Trinajstić information content (AvgIpc) is 2.33. The molecule has 0 saturated carbocycles. The lowest BCUT2D eigenvalue weighted by Gasteiger charge is -2.44. The summed E-state index contributed by atoms with van der Waals surface area (Å²) in [6, 6.07) is 4.18. The topological polar surface area (TPSA) is 66.8 Å².